The summed E-state index contributed by atoms with van der Waals surface area (Å²) in [6.45, 7) is 4.95. The highest BCUT2D eigenvalue weighted by Gasteiger charge is 2.35. The molecule has 0 heterocycles. The molecule has 0 saturated heterocycles. The maximum Gasteiger partial charge on any atom is 0.0100 e. The number of hydrogen-bond donors (Lipinski definition) is 0. The van der Waals surface area contributed by atoms with Crippen LogP contribution in [0.15, 0.2) is 0 Å². The fourth-order valence-corrected chi connectivity index (χ4v) is 4.57. The summed E-state index contributed by atoms with van der Waals surface area (Å²) in [6.07, 6.45) is 13.1. The number of nitrogens with zero attached hydrogens (tertiary/aromatic N) is 1. The first-order chi connectivity index (χ1) is 8.29. The summed E-state index contributed by atoms with van der Waals surface area (Å²) in [6, 6.07) is 0.894. The van der Waals surface area contributed by atoms with Crippen molar-refractivity contribution in [2.45, 2.75) is 70.8 Å². The van der Waals surface area contributed by atoms with Gasteiger partial charge in [-0.25, -0.2) is 0 Å². The van der Waals surface area contributed by atoms with Crippen molar-refractivity contribution in [1.29, 1.82) is 0 Å². The summed E-state index contributed by atoms with van der Waals surface area (Å²) in [5.41, 5.74) is 0.605. The summed E-state index contributed by atoms with van der Waals surface area (Å²) in [4.78, 5) is 2.80. The van der Waals surface area contributed by atoms with E-state index < -0.39 is 0 Å². The molecule has 0 amide bonds. The van der Waals surface area contributed by atoms with Crippen LogP contribution in [-0.2, 0) is 0 Å². The van der Waals surface area contributed by atoms with Crippen LogP contribution in [0, 0.1) is 5.41 Å². The predicted octanol–water partition coefficient (Wildman–Crippen LogP) is 4.60. The van der Waals surface area contributed by atoms with Crippen LogP contribution >= 0.6 is 15.9 Å². The predicted molar refractivity (Wildman–Crippen MR) is 78.8 cm³/mol. The zero-order chi connectivity index (χ0) is 12.1. The molecule has 2 rings (SSSR count). The monoisotopic (exact) mass is 301 g/mol. The van der Waals surface area contributed by atoms with Gasteiger partial charge < -0.3 is 4.90 Å². The third-order valence-corrected chi connectivity index (χ3v) is 6.17. The van der Waals surface area contributed by atoms with Crippen molar-refractivity contribution < 1.29 is 0 Å². The normalized spacial score (nSPS) is 25.6. The molecule has 0 atom stereocenters. The van der Waals surface area contributed by atoms with E-state index in [0.29, 0.717) is 5.41 Å². The Kier molecular flexibility index (Phi) is 5.35. The first kappa shape index (κ1) is 13.9. The third kappa shape index (κ3) is 3.47. The quantitative estimate of drug-likeness (QED) is 0.671. The zero-order valence-corrected chi connectivity index (χ0v) is 13.0. The average molecular weight is 302 g/mol. The van der Waals surface area contributed by atoms with Crippen molar-refractivity contribution in [3.05, 3.63) is 0 Å². The van der Waals surface area contributed by atoms with E-state index in [1.165, 1.54) is 76.2 Å². The molecule has 0 aromatic carbocycles. The van der Waals surface area contributed by atoms with E-state index in [4.69, 9.17) is 0 Å². The van der Waals surface area contributed by atoms with Gasteiger partial charge >= 0.3 is 0 Å². The largest absolute Gasteiger partial charge is 0.300 e. The van der Waals surface area contributed by atoms with E-state index in [1.54, 1.807) is 0 Å². The molecule has 0 N–H and O–H groups in total. The van der Waals surface area contributed by atoms with Crippen LogP contribution in [0.3, 0.4) is 0 Å². The Labute approximate surface area is 115 Å². The van der Waals surface area contributed by atoms with E-state index in [2.05, 4.69) is 27.8 Å². The van der Waals surface area contributed by atoms with E-state index >= 15 is 0 Å². The Morgan fingerprint density at radius 1 is 1.06 bits per heavy atom. The highest BCUT2D eigenvalue weighted by Crippen LogP contribution is 2.41. The van der Waals surface area contributed by atoms with Crippen molar-refractivity contribution in [3.63, 3.8) is 0 Å². The SMILES string of the molecule is CCN(CC1(CBr)CCCC1)C1CCCCC1. The van der Waals surface area contributed by atoms with Gasteiger partial charge in [-0.2, -0.15) is 0 Å². The lowest BCUT2D eigenvalue weighted by Gasteiger charge is -2.40. The first-order valence-corrected chi connectivity index (χ1v) is 8.72. The summed E-state index contributed by atoms with van der Waals surface area (Å²) >= 11 is 3.79. The van der Waals surface area contributed by atoms with E-state index in [0.717, 1.165) is 6.04 Å². The fourth-order valence-electron chi connectivity index (χ4n) is 3.84. The van der Waals surface area contributed by atoms with Crippen LogP contribution in [-0.4, -0.2) is 29.4 Å². The van der Waals surface area contributed by atoms with Crippen molar-refractivity contribution >= 4 is 15.9 Å². The molecule has 0 bridgehead atoms. The molecule has 0 aromatic rings. The van der Waals surface area contributed by atoms with Crippen LogP contribution in [0.25, 0.3) is 0 Å². The lowest BCUT2D eigenvalue weighted by atomic mass is 9.86. The summed E-state index contributed by atoms with van der Waals surface area (Å²) in [5, 5.41) is 1.21. The van der Waals surface area contributed by atoms with Gasteiger partial charge in [-0.05, 0) is 37.6 Å². The Balaban J connectivity index is 1.93. The molecule has 100 valence electrons. The molecule has 2 aliphatic rings. The third-order valence-electron chi connectivity index (χ3n) is 4.98. The van der Waals surface area contributed by atoms with Gasteiger partial charge in [0.15, 0.2) is 0 Å². The maximum atomic E-state index is 3.79. The Hall–Kier alpha value is 0.440. The van der Waals surface area contributed by atoms with Crippen LogP contribution in [0.4, 0.5) is 0 Å². The minimum absolute atomic E-state index is 0.605. The minimum Gasteiger partial charge on any atom is -0.300 e. The van der Waals surface area contributed by atoms with Gasteiger partial charge in [0.1, 0.15) is 0 Å². The smallest absolute Gasteiger partial charge is 0.0100 e. The minimum atomic E-state index is 0.605. The molecule has 2 fully saturated rings. The van der Waals surface area contributed by atoms with Crippen LogP contribution < -0.4 is 0 Å². The van der Waals surface area contributed by atoms with Crippen molar-refractivity contribution in [2.24, 2.45) is 5.41 Å². The van der Waals surface area contributed by atoms with E-state index in [-0.39, 0.29) is 0 Å². The lowest BCUT2D eigenvalue weighted by Crippen LogP contribution is -2.44. The Morgan fingerprint density at radius 3 is 2.24 bits per heavy atom. The number of halogens is 1. The van der Waals surface area contributed by atoms with Crippen LogP contribution in [0.1, 0.15) is 64.7 Å². The zero-order valence-electron chi connectivity index (χ0n) is 11.4. The fraction of sp³-hybridized carbons (Fsp3) is 1.00. The molecule has 2 aliphatic carbocycles. The molecule has 0 aliphatic heterocycles. The highest BCUT2D eigenvalue weighted by atomic mass is 79.9. The lowest BCUT2D eigenvalue weighted by molar-refractivity contribution is 0.106. The van der Waals surface area contributed by atoms with Gasteiger partial charge in [0.2, 0.25) is 0 Å². The molecular formula is C15H28BrN. The van der Waals surface area contributed by atoms with Gasteiger partial charge in [-0.15, -0.1) is 0 Å². The molecule has 0 radical (unpaired) electrons. The molecule has 2 heteroatoms. The molecule has 17 heavy (non-hydrogen) atoms. The second kappa shape index (κ2) is 6.56. The standard InChI is InChI=1S/C15H28BrN/c1-2-17(14-8-4-3-5-9-14)13-15(12-16)10-6-7-11-15/h14H,2-13H2,1H3. The average Bonchev–Trinajstić information content (AvgIpc) is 2.86. The van der Waals surface area contributed by atoms with Crippen LogP contribution in [0.5, 0.6) is 0 Å². The van der Waals surface area contributed by atoms with Gasteiger partial charge in [0.05, 0.1) is 0 Å². The molecule has 0 unspecified atom stereocenters. The second-order valence-electron chi connectivity index (χ2n) is 6.20. The number of alkyl halides is 1. The van der Waals surface area contributed by atoms with Gasteiger partial charge in [-0.3, -0.25) is 0 Å². The molecule has 0 aromatic heterocycles. The molecule has 1 nitrogen and oxygen atoms in total. The maximum absolute atomic E-state index is 3.79. The van der Waals surface area contributed by atoms with Gasteiger partial charge in [-0.1, -0.05) is 55.0 Å². The highest BCUT2D eigenvalue weighted by molar-refractivity contribution is 9.09. The van der Waals surface area contributed by atoms with Crippen molar-refractivity contribution in [3.8, 4) is 0 Å². The molecule has 0 spiro atoms. The van der Waals surface area contributed by atoms with E-state index in [1.807, 2.05) is 0 Å². The second-order valence-corrected chi connectivity index (χ2v) is 6.76. The number of hydrogen-bond acceptors (Lipinski definition) is 1. The Morgan fingerprint density at radius 2 is 1.71 bits per heavy atom. The summed E-state index contributed by atoms with van der Waals surface area (Å²) < 4.78 is 0. The van der Waals surface area contributed by atoms with Crippen molar-refractivity contribution in [2.75, 3.05) is 18.4 Å². The van der Waals surface area contributed by atoms with E-state index in [9.17, 15) is 0 Å². The Bertz CT molecular complexity index is 217. The molecule has 2 saturated carbocycles. The first-order valence-electron chi connectivity index (χ1n) is 7.60. The molecular weight excluding hydrogens is 274 g/mol. The van der Waals surface area contributed by atoms with Gasteiger partial charge in [0, 0.05) is 17.9 Å². The van der Waals surface area contributed by atoms with Crippen molar-refractivity contribution in [1.82, 2.24) is 4.90 Å². The number of rotatable bonds is 5. The van der Waals surface area contributed by atoms with Crippen LogP contribution in [0.2, 0.25) is 0 Å². The summed E-state index contributed by atoms with van der Waals surface area (Å²) in [5.74, 6) is 0. The summed E-state index contributed by atoms with van der Waals surface area (Å²) in [7, 11) is 0. The van der Waals surface area contributed by atoms with Gasteiger partial charge in [0.25, 0.3) is 0 Å². The topological polar surface area (TPSA) is 3.24 Å².